The summed E-state index contributed by atoms with van der Waals surface area (Å²) in [5.41, 5.74) is 0.182. The standard InChI is InChI=1S/C23H32N2O4S/c1-5-6-11-18(24-21(26)29-23(2,3)4)17-28-22(27)25(16-20-14-10-15-30-20)19-12-8-7-9-13-19/h7-10,12-15,18H,5-6,11,16-17H2,1-4H3,(H,24,26)/t18-/m0/s1. The number of anilines is 1. The first-order valence-electron chi connectivity index (χ1n) is 10.3. The van der Waals surface area contributed by atoms with Crippen molar-refractivity contribution in [2.75, 3.05) is 11.5 Å². The fourth-order valence-corrected chi connectivity index (χ4v) is 3.49. The van der Waals surface area contributed by atoms with E-state index >= 15 is 0 Å². The molecule has 0 bridgehead atoms. The maximum absolute atomic E-state index is 12.9. The number of para-hydroxylation sites is 1. The van der Waals surface area contributed by atoms with Gasteiger partial charge in [0.25, 0.3) is 0 Å². The van der Waals surface area contributed by atoms with Crippen molar-refractivity contribution < 1.29 is 19.1 Å². The summed E-state index contributed by atoms with van der Waals surface area (Å²) in [6, 6.07) is 13.1. The quantitative estimate of drug-likeness (QED) is 0.530. The number of hydrogen-bond donors (Lipinski definition) is 1. The fourth-order valence-electron chi connectivity index (χ4n) is 2.80. The van der Waals surface area contributed by atoms with E-state index in [9.17, 15) is 9.59 Å². The summed E-state index contributed by atoms with van der Waals surface area (Å²) in [5, 5.41) is 4.81. The molecule has 1 N–H and O–H groups in total. The van der Waals surface area contributed by atoms with Crippen LogP contribution in [-0.2, 0) is 16.0 Å². The number of carbonyl (C=O) groups is 2. The molecule has 7 heteroatoms. The van der Waals surface area contributed by atoms with Crippen LogP contribution in [0.5, 0.6) is 0 Å². The minimum Gasteiger partial charge on any atom is -0.447 e. The number of hydrogen-bond acceptors (Lipinski definition) is 5. The number of unbranched alkanes of at least 4 members (excludes halogenated alkanes) is 1. The Morgan fingerprint density at radius 3 is 2.47 bits per heavy atom. The number of thiophene rings is 1. The molecule has 0 spiro atoms. The Morgan fingerprint density at radius 2 is 1.87 bits per heavy atom. The Balaban J connectivity index is 2.03. The molecule has 1 heterocycles. The van der Waals surface area contributed by atoms with Crippen LogP contribution in [0.1, 0.15) is 51.8 Å². The van der Waals surface area contributed by atoms with Crippen LogP contribution in [0.2, 0.25) is 0 Å². The summed E-state index contributed by atoms with van der Waals surface area (Å²) < 4.78 is 11.0. The number of nitrogens with zero attached hydrogens (tertiary/aromatic N) is 1. The van der Waals surface area contributed by atoms with Gasteiger partial charge in [0.2, 0.25) is 0 Å². The zero-order chi connectivity index (χ0) is 22.0. The van der Waals surface area contributed by atoms with E-state index in [0.717, 1.165) is 23.4 Å². The molecule has 0 aliphatic carbocycles. The van der Waals surface area contributed by atoms with Gasteiger partial charge in [0.15, 0.2) is 0 Å². The lowest BCUT2D eigenvalue weighted by Gasteiger charge is -2.25. The Bertz CT molecular complexity index is 772. The molecule has 2 aromatic rings. The van der Waals surface area contributed by atoms with Gasteiger partial charge in [-0.05, 0) is 50.8 Å². The van der Waals surface area contributed by atoms with Gasteiger partial charge in [0.05, 0.1) is 12.6 Å². The van der Waals surface area contributed by atoms with Crippen LogP contribution >= 0.6 is 11.3 Å². The predicted molar refractivity (Wildman–Crippen MR) is 121 cm³/mol. The van der Waals surface area contributed by atoms with E-state index in [1.165, 1.54) is 0 Å². The second kappa shape index (κ2) is 11.6. The first kappa shape index (κ1) is 23.7. The molecule has 0 unspecified atom stereocenters. The second-order valence-corrected chi connectivity index (χ2v) is 9.10. The average Bonchev–Trinajstić information content (AvgIpc) is 3.20. The molecule has 30 heavy (non-hydrogen) atoms. The maximum atomic E-state index is 12.9. The van der Waals surface area contributed by atoms with E-state index in [4.69, 9.17) is 9.47 Å². The van der Waals surface area contributed by atoms with Gasteiger partial charge in [-0.2, -0.15) is 0 Å². The summed E-state index contributed by atoms with van der Waals surface area (Å²) in [6.45, 7) is 8.04. The van der Waals surface area contributed by atoms with E-state index in [-0.39, 0.29) is 12.6 Å². The van der Waals surface area contributed by atoms with Crippen LogP contribution in [0.15, 0.2) is 47.8 Å². The lowest BCUT2D eigenvalue weighted by molar-refractivity contribution is 0.0468. The van der Waals surface area contributed by atoms with Crippen molar-refractivity contribution in [3.8, 4) is 0 Å². The molecule has 1 aromatic heterocycles. The lowest BCUT2D eigenvalue weighted by Crippen LogP contribution is -2.43. The minimum atomic E-state index is -0.582. The Labute approximate surface area is 183 Å². The van der Waals surface area contributed by atoms with Crippen molar-refractivity contribution in [3.63, 3.8) is 0 Å². The van der Waals surface area contributed by atoms with Crippen molar-refractivity contribution in [2.45, 2.75) is 65.1 Å². The first-order chi connectivity index (χ1) is 14.3. The highest BCUT2D eigenvalue weighted by Crippen LogP contribution is 2.20. The van der Waals surface area contributed by atoms with Gasteiger partial charge in [0.1, 0.15) is 12.2 Å². The average molecular weight is 433 g/mol. The number of ether oxygens (including phenoxy) is 2. The van der Waals surface area contributed by atoms with Crippen molar-refractivity contribution >= 4 is 29.2 Å². The summed E-state index contributed by atoms with van der Waals surface area (Å²) in [5.74, 6) is 0. The molecule has 0 radical (unpaired) electrons. The first-order valence-corrected chi connectivity index (χ1v) is 11.2. The summed E-state index contributed by atoms with van der Waals surface area (Å²) >= 11 is 1.59. The highest BCUT2D eigenvalue weighted by atomic mass is 32.1. The molecule has 0 aliphatic rings. The highest BCUT2D eigenvalue weighted by Gasteiger charge is 2.23. The Hall–Kier alpha value is -2.54. The number of benzene rings is 1. The molecule has 0 fully saturated rings. The van der Waals surface area contributed by atoms with Crippen LogP contribution in [0.25, 0.3) is 0 Å². The number of alkyl carbamates (subject to hydrolysis) is 1. The van der Waals surface area contributed by atoms with Gasteiger partial charge in [-0.25, -0.2) is 9.59 Å². The SMILES string of the molecule is CCCC[C@@H](COC(=O)N(Cc1cccs1)c1ccccc1)NC(=O)OC(C)(C)C. The predicted octanol–water partition coefficient (Wildman–Crippen LogP) is 5.97. The lowest BCUT2D eigenvalue weighted by atomic mass is 10.1. The molecule has 1 atom stereocenters. The monoisotopic (exact) mass is 432 g/mol. The summed E-state index contributed by atoms with van der Waals surface area (Å²) in [4.78, 5) is 27.8. The molecule has 0 saturated heterocycles. The second-order valence-electron chi connectivity index (χ2n) is 8.06. The molecule has 6 nitrogen and oxygen atoms in total. The Kier molecular flexibility index (Phi) is 9.17. The number of amides is 2. The van der Waals surface area contributed by atoms with Crippen molar-refractivity contribution in [3.05, 3.63) is 52.7 Å². The van der Waals surface area contributed by atoms with E-state index in [0.29, 0.717) is 13.0 Å². The zero-order valence-corrected chi connectivity index (χ0v) is 19.0. The van der Waals surface area contributed by atoms with Gasteiger partial charge < -0.3 is 14.8 Å². The minimum absolute atomic E-state index is 0.0891. The van der Waals surface area contributed by atoms with E-state index in [1.54, 1.807) is 16.2 Å². The van der Waals surface area contributed by atoms with E-state index in [2.05, 4.69) is 12.2 Å². The van der Waals surface area contributed by atoms with Crippen LogP contribution in [0.3, 0.4) is 0 Å². The molecule has 164 valence electrons. The molecular formula is C23H32N2O4S. The van der Waals surface area contributed by atoms with Crippen LogP contribution in [0, 0.1) is 0 Å². The van der Waals surface area contributed by atoms with E-state index < -0.39 is 17.8 Å². The largest absolute Gasteiger partial charge is 0.447 e. The normalized spacial score (nSPS) is 12.1. The third-order valence-electron chi connectivity index (χ3n) is 4.22. The van der Waals surface area contributed by atoms with Crippen molar-refractivity contribution in [1.82, 2.24) is 5.32 Å². The van der Waals surface area contributed by atoms with Crippen LogP contribution in [-0.4, -0.2) is 30.4 Å². The molecule has 2 amide bonds. The number of carbonyl (C=O) groups excluding carboxylic acids is 2. The highest BCUT2D eigenvalue weighted by molar-refractivity contribution is 7.09. The van der Waals surface area contributed by atoms with Gasteiger partial charge in [-0.1, -0.05) is 44.0 Å². The third kappa shape index (κ3) is 8.45. The topological polar surface area (TPSA) is 67.9 Å². The Morgan fingerprint density at radius 1 is 1.13 bits per heavy atom. The fraction of sp³-hybridized carbons (Fsp3) is 0.478. The van der Waals surface area contributed by atoms with Crippen molar-refractivity contribution in [2.24, 2.45) is 0 Å². The number of rotatable bonds is 9. The van der Waals surface area contributed by atoms with Crippen LogP contribution in [0.4, 0.5) is 15.3 Å². The molecule has 0 aliphatic heterocycles. The van der Waals surface area contributed by atoms with Crippen LogP contribution < -0.4 is 10.2 Å². The van der Waals surface area contributed by atoms with Gasteiger partial charge in [-0.15, -0.1) is 11.3 Å². The maximum Gasteiger partial charge on any atom is 0.414 e. The molecule has 1 aromatic carbocycles. The van der Waals surface area contributed by atoms with Gasteiger partial charge in [-0.3, -0.25) is 4.90 Å². The van der Waals surface area contributed by atoms with Crippen molar-refractivity contribution in [1.29, 1.82) is 0 Å². The van der Waals surface area contributed by atoms with Gasteiger partial charge >= 0.3 is 12.2 Å². The molecule has 2 rings (SSSR count). The van der Waals surface area contributed by atoms with E-state index in [1.807, 2.05) is 68.6 Å². The zero-order valence-electron chi connectivity index (χ0n) is 18.2. The van der Waals surface area contributed by atoms with Gasteiger partial charge in [0, 0.05) is 10.6 Å². The summed E-state index contributed by atoms with van der Waals surface area (Å²) in [7, 11) is 0. The number of nitrogens with one attached hydrogen (secondary N) is 1. The smallest absolute Gasteiger partial charge is 0.414 e. The molecular weight excluding hydrogens is 400 g/mol. The summed E-state index contributed by atoms with van der Waals surface area (Å²) in [6.07, 6.45) is 1.66. The molecule has 0 saturated carbocycles. The third-order valence-corrected chi connectivity index (χ3v) is 5.08.